The Morgan fingerprint density at radius 3 is 2.90 bits per heavy atom. The van der Waals surface area contributed by atoms with E-state index in [1.165, 1.54) is 0 Å². The molecule has 2 aromatic heterocycles. The maximum Gasteiger partial charge on any atom is 0.0866 e. The molecule has 2 rings (SSSR count). The highest BCUT2D eigenvalue weighted by atomic mass is 35.5. The van der Waals surface area contributed by atoms with Crippen molar-refractivity contribution in [3.8, 4) is 0 Å². The molecule has 0 bridgehead atoms. The van der Waals surface area contributed by atoms with E-state index in [9.17, 15) is 0 Å². The van der Waals surface area contributed by atoms with Crippen molar-refractivity contribution < 1.29 is 4.74 Å². The first-order valence-electron chi connectivity index (χ1n) is 6.50. The second kappa shape index (κ2) is 6.88. The highest BCUT2D eigenvalue weighted by Gasteiger charge is 2.11. The Bertz CT molecular complexity index is 563. The molecule has 0 aromatic carbocycles. The number of aromatic nitrogens is 4. The molecule has 0 radical (unpaired) electrons. The van der Waals surface area contributed by atoms with E-state index in [-0.39, 0.29) is 0 Å². The predicted octanol–water partition coefficient (Wildman–Crippen LogP) is 1.36. The van der Waals surface area contributed by atoms with E-state index in [0.29, 0.717) is 18.2 Å². The summed E-state index contributed by atoms with van der Waals surface area (Å²) in [5.41, 5.74) is 2.94. The summed E-state index contributed by atoms with van der Waals surface area (Å²) in [6.07, 6.45) is 3.87. The fourth-order valence-corrected chi connectivity index (χ4v) is 2.22. The van der Waals surface area contributed by atoms with Gasteiger partial charge in [0.25, 0.3) is 0 Å². The van der Waals surface area contributed by atoms with Gasteiger partial charge >= 0.3 is 0 Å². The van der Waals surface area contributed by atoms with Crippen LogP contribution in [-0.2, 0) is 24.9 Å². The molecule has 0 amide bonds. The summed E-state index contributed by atoms with van der Waals surface area (Å²) in [6, 6.07) is 0. The van der Waals surface area contributed by atoms with E-state index in [2.05, 4.69) is 15.5 Å². The van der Waals surface area contributed by atoms with Crippen LogP contribution in [0.2, 0.25) is 5.02 Å². The van der Waals surface area contributed by atoms with Crippen LogP contribution in [0.25, 0.3) is 0 Å². The Morgan fingerprint density at radius 2 is 2.25 bits per heavy atom. The smallest absolute Gasteiger partial charge is 0.0866 e. The summed E-state index contributed by atoms with van der Waals surface area (Å²) < 4.78 is 8.66. The van der Waals surface area contributed by atoms with Crippen molar-refractivity contribution in [1.29, 1.82) is 0 Å². The minimum absolute atomic E-state index is 0.619. The molecule has 0 unspecified atom stereocenters. The van der Waals surface area contributed by atoms with E-state index in [1.54, 1.807) is 11.8 Å². The standard InChI is InChI=1S/C13H20ClN5O/c1-10-13(14)12(18(2)17-10)9-19-8-11(7-16-19)6-15-4-5-20-3/h7-8,15H,4-6,9H2,1-3H3. The average molecular weight is 298 g/mol. The molecule has 2 heterocycles. The van der Waals surface area contributed by atoms with Crippen LogP contribution in [0.1, 0.15) is 17.0 Å². The van der Waals surface area contributed by atoms with E-state index < -0.39 is 0 Å². The lowest BCUT2D eigenvalue weighted by Gasteiger charge is -2.03. The molecule has 0 saturated heterocycles. The Hall–Kier alpha value is -1.37. The van der Waals surface area contributed by atoms with E-state index in [1.807, 2.05) is 31.0 Å². The van der Waals surface area contributed by atoms with Gasteiger partial charge in [-0.3, -0.25) is 9.36 Å². The van der Waals surface area contributed by atoms with Crippen LogP contribution in [-0.4, -0.2) is 39.8 Å². The third-order valence-corrected chi connectivity index (χ3v) is 3.56. The molecule has 6 nitrogen and oxygen atoms in total. The van der Waals surface area contributed by atoms with Crippen LogP contribution in [0.5, 0.6) is 0 Å². The van der Waals surface area contributed by atoms with Gasteiger partial charge in [-0.2, -0.15) is 10.2 Å². The van der Waals surface area contributed by atoms with Gasteiger partial charge in [0, 0.05) is 39.0 Å². The van der Waals surface area contributed by atoms with Crippen molar-refractivity contribution >= 4 is 11.6 Å². The lowest BCUT2D eigenvalue weighted by molar-refractivity contribution is 0.199. The third-order valence-electron chi connectivity index (χ3n) is 3.07. The molecule has 20 heavy (non-hydrogen) atoms. The maximum absolute atomic E-state index is 6.24. The van der Waals surface area contributed by atoms with Crippen molar-refractivity contribution in [1.82, 2.24) is 24.9 Å². The summed E-state index contributed by atoms with van der Waals surface area (Å²) in [4.78, 5) is 0. The second-order valence-corrected chi connectivity index (χ2v) is 5.06. The normalized spacial score (nSPS) is 11.2. The second-order valence-electron chi connectivity index (χ2n) is 4.69. The molecule has 0 saturated carbocycles. The van der Waals surface area contributed by atoms with Gasteiger partial charge in [0.1, 0.15) is 0 Å². The van der Waals surface area contributed by atoms with Gasteiger partial charge in [0.15, 0.2) is 0 Å². The molecule has 7 heteroatoms. The van der Waals surface area contributed by atoms with Crippen LogP contribution < -0.4 is 5.32 Å². The number of nitrogens with zero attached hydrogens (tertiary/aromatic N) is 4. The fraction of sp³-hybridized carbons (Fsp3) is 0.538. The summed E-state index contributed by atoms with van der Waals surface area (Å²) in [7, 11) is 3.59. The van der Waals surface area contributed by atoms with Gasteiger partial charge < -0.3 is 10.1 Å². The van der Waals surface area contributed by atoms with Crippen LogP contribution >= 0.6 is 11.6 Å². The maximum atomic E-state index is 6.24. The Labute approximate surface area is 123 Å². The number of ether oxygens (including phenoxy) is 1. The largest absolute Gasteiger partial charge is 0.383 e. The molecule has 110 valence electrons. The SMILES string of the molecule is COCCNCc1cnn(Cc2c(Cl)c(C)nn2C)c1. The van der Waals surface area contributed by atoms with Crippen molar-refractivity contribution in [2.75, 3.05) is 20.3 Å². The Kier molecular flexibility index (Phi) is 5.17. The van der Waals surface area contributed by atoms with E-state index >= 15 is 0 Å². The Balaban J connectivity index is 1.95. The number of halogens is 1. The number of aryl methyl sites for hydroxylation is 2. The molecule has 0 aliphatic carbocycles. The van der Waals surface area contributed by atoms with Gasteiger partial charge in [-0.15, -0.1) is 0 Å². The van der Waals surface area contributed by atoms with Crippen molar-refractivity contribution in [2.45, 2.75) is 20.0 Å². The quantitative estimate of drug-likeness (QED) is 0.784. The van der Waals surface area contributed by atoms with Gasteiger partial charge in [-0.25, -0.2) is 0 Å². The van der Waals surface area contributed by atoms with Crippen molar-refractivity contribution in [3.05, 3.63) is 34.4 Å². The number of nitrogens with one attached hydrogen (secondary N) is 1. The van der Waals surface area contributed by atoms with Crippen LogP contribution in [0, 0.1) is 6.92 Å². The monoisotopic (exact) mass is 297 g/mol. The van der Waals surface area contributed by atoms with E-state index in [0.717, 1.165) is 30.0 Å². The molecule has 1 N–H and O–H groups in total. The summed E-state index contributed by atoms with van der Waals surface area (Å²) >= 11 is 6.24. The highest BCUT2D eigenvalue weighted by Crippen LogP contribution is 2.20. The lowest BCUT2D eigenvalue weighted by Crippen LogP contribution is -2.18. The minimum Gasteiger partial charge on any atom is -0.383 e. The Morgan fingerprint density at radius 1 is 1.45 bits per heavy atom. The molecular weight excluding hydrogens is 278 g/mol. The third kappa shape index (κ3) is 3.59. The van der Waals surface area contributed by atoms with E-state index in [4.69, 9.17) is 16.3 Å². The molecule has 0 aliphatic heterocycles. The zero-order valence-electron chi connectivity index (χ0n) is 12.1. The average Bonchev–Trinajstić information content (AvgIpc) is 2.96. The zero-order chi connectivity index (χ0) is 14.5. The predicted molar refractivity (Wildman–Crippen MR) is 77.9 cm³/mol. The number of hydrogen-bond donors (Lipinski definition) is 1. The molecule has 2 aromatic rings. The van der Waals surface area contributed by atoms with Crippen LogP contribution in [0.15, 0.2) is 12.4 Å². The first-order valence-corrected chi connectivity index (χ1v) is 6.88. The fourth-order valence-electron chi connectivity index (χ4n) is 2.00. The first kappa shape index (κ1) is 15.0. The number of rotatable bonds is 7. The molecule has 0 aliphatic rings. The lowest BCUT2D eigenvalue weighted by atomic mass is 10.3. The van der Waals surface area contributed by atoms with Crippen LogP contribution in [0.3, 0.4) is 0 Å². The van der Waals surface area contributed by atoms with Gasteiger partial charge in [-0.05, 0) is 6.92 Å². The first-order chi connectivity index (χ1) is 9.61. The van der Waals surface area contributed by atoms with Gasteiger partial charge in [0.05, 0.1) is 35.8 Å². The number of methoxy groups -OCH3 is 1. The summed E-state index contributed by atoms with van der Waals surface area (Å²) in [5, 5.41) is 12.6. The highest BCUT2D eigenvalue weighted by molar-refractivity contribution is 6.31. The van der Waals surface area contributed by atoms with Crippen molar-refractivity contribution in [3.63, 3.8) is 0 Å². The molecule has 0 fully saturated rings. The van der Waals surface area contributed by atoms with Gasteiger partial charge in [-0.1, -0.05) is 11.6 Å². The van der Waals surface area contributed by atoms with Gasteiger partial charge in [0.2, 0.25) is 0 Å². The number of hydrogen-bond acceptors (Lipinski definition) is 4. The zero-order valence-corrected chi connectivity index (χ0v) is 12.8. The summed E-state index contributed by atoms with van der Waals surface area (Å²) in [6.45, 7) is 4.84. The summed E-state index contributed by atoms with van der Waals surface area (Å²) in [5.74, 6) is 0. The molecular formula is C13H20ClN5O. The minimum atomic E-state index is 0.619. The van der Waals surface area contributed by atoms with Crippen molar-refractivity contribution in [2.24, 2.45) is 7.05 Å². The van der Waals surface area contributed by atoms with Crippen LogP contribution in [0.4, 0.5) is 0 Å². The molecule has 0 spiro atoms. The topological polar surface area (TPSA) is 56.9 Å². The molecule has 0 atom stereocenters.